The molecule has 0 aliphatic heterocycles. The zero-order valence-corrected chi connectivity index (χ0v) is 14.6. The van der Waals surface area contributed by atoms with E-state index in [0.29, 0.717) is 0 Å². The van der Waals surface area contributed by atoms with Crippen LogP contribution in [0.5, 0.6) is 0 Å². The quantitative estimate of drug-likeness (QED) is 0.468. The second-order valence-corrected chi connectivity index (χ2v) is 4.94. The van der Waals surface area contributed by atoms with Crippen LogP contribution < -0.4 is 9.13 Å². The SMILES string of the molecule is CCCCn1cc[n+](C)c1.C[n+]1cc[nH]c1.F[B-](F)(F)F.F[B-](F)(F)F. The molecule has 0 saturated carbocycles. The Bertz CT molecular complexity index is 530. The lowest BCUT2D eigenvalue weighted by molar-refractivity contribution is -0.671. The molecule has 152 valence electrons. The molecule has 2 rings (SSSR count). The van der Waals surface area contributed by atoms with Crippen LogP contribution in [0.4, 0.5) is 34.5 Å². The number of halogens is 8. The molecule has 2 heterocycles. The molecule has 0 bridgehead atoms. The number of nitrogens with one attached hydrogen (secondary N) is 1. The monoisotopic (exact) mass is 396 g/mol. The Kier molecular flexibility index (Phi) is 13.3. The van der Waals surface area contributed by atoms with Gasteiger partial charge in [0, 0.05) is 0 Å². The maximum atomic E-state index is 9.75. The van der Waals surface area contributed by atoms with Crippen LogP contribution >= 0.6 is 0 Å². The third kappa shape index (κ3) is 29.9. The number of aromatic amines is 1. The molecular weight excluding hydrogens is 374 g/mol. The number of nitrogens with zero attached hydrogens (tertiary/aromatic N) is 3. The zero-order valence-electron chi connectivity index (χ0n) is 14.6. The van der Waals surface area contributed by atoms with Gasteiger partial charge in [-0.15, -0.1) is 0 Å². The number of aromatic nitrogens is 4. The van der Waals surface area contributed by atoms with Crippen LogP contribution in [0, 0.1) is 0 Å². The minimum Gasteiger partial charge on any atom is -0.418 e. The van der Waals surface area contributed by atoms with Gasteiger partial charge in [-0.1, -0.05) is 13.3 Å². The molecule has 4 nitrogen and oxygen atoms in total. The number of hydrogen-bond acceptors (Lipinski definition) is 0. The highest BCUT2D eigenvalue weighted by molar-refractivity contribution is 6.50. The first kappa shape index (κ1) is 26.2. The van der Waals surface area contributed by atoms with E-state index in [9.17, 15) is 34.5 Å². The Labute approximate surface area is 146 Å². The molecule has 0 amide bonds. The standard InChI is InChI=1S/C8H15N2.C4H6N2.2BF4/c1-3-4-5-10-7-6-9(2)8-10;1-6-3-2-5-4-6;2*2-1(3,4)5/h6-8H,3-5H2,1-2H3;2-4H,1H3;;/q+1;;2*-1/p+1. The number of aryl methyl sites for hydroxylation is 3. The lowest BCUT2D eigenvalue weighted by Gasteiger charge is -1.94. The van der Waals surface area contributed by atoms with Crippen molar-refractivity contribution in [2.75, 3.05) is 0 Å². The van der Waals surface area contributed by atoms with Crippen LogP contribution in [-0.4, -0.2) is 24.1 Å². The number of unbranched alkanes of at least 4 members (excludes halogenated alkanes) is 1. The fourth-order valence-electron chi connectivity index (χ4n) is 1.34. The van der Waals surface area contributed by atoms with Crippen LogP contribution in [0.2, 0.25) is 0 Å². The van der Waals surface area contributed by atoms with Gasteiger partial charge in [0.1, 0.15) is 24.8 Å². The Morgan fingerprint density at radius 1 is 0.885 bits per heavy atom. The lowest BCUT2D eigenvalue weighted by atomic mass is 10.3. The van der Waals surface area contributed by atoms with Crippen LogP contribution in [-0.2, 0) is 20.6 Å². The molecule has 0 aliphatic carbocycles. The zero-order chi connectivity index (χ0) is 20.8. The maximum absolute atomic E-state index is 9.75. The topological polar surface area (TPSA) is 28.5 Å². The van der Waals surface area contributed by atoms with E-state index in [4.69, 9.17) is 0 Å². The summed E-state index contributed by atoms with van der Waals surface area (Å²) < 4.78 is 84.2. The van der Waals surface area contributed by atoms with E-state index in [2.05, 4.69) is 39.8 Å². The van der Waals surface area contributed by atoms with Crippen molar-refractivity contribution in [1.29, 1.82) is 0 Å². The van der Waals surface area contributed by atoms with Gasteiger partial charge in [-0.05, 0) is 6.42 Å². The van der Waals surface area contributed by atoms with E-state index in [1.165, 1.54) is 12.8 Å². The van der Waals surface area contributed by atoms with Crippen molar-refractivity contribution in [3.8, 4) is 0 Å². The van der Waals surface area contributed by atoms with E-state index in [0.717, 1.165) is 6.54 Å². The predicted octanol–water partition coefficient (Wildman–Crippen LogP) is 3.55. The molecule has 0 aromatic carbocycles. The van der Waals surface area contributed by atoms with Gasteiger partial charge in [-0.2, -0.15) is 0 Å². The second kappa shape index (κ2) is 13.2. The molecule has 0 fully saturated rings. The first-order chi connectivity index (χ1) is 11.7. The van der Waals surface area contributed by atoms with Crippen molar-refractivity contribution < 1.29 is 43.7 Å². The molecule has 0 atom stereocenters. The van der Waals surface area contributed by atoms with Crippen molar-refractivity contribution in [2.45, 2.75) is 26.3 Å². The van der Waals surface area contributed by atoms with E-state index < -0.39 is 14.5 Å². The van der Waals surface area contributed by atoms with Crippen molar-refractivity contribution >= 4 is 14.5 Å². The highest BCUT2D eigenvalue weighted by Crippen LogP contribution is 2.07. The molecule has 0 aliphatic rings. The highest BCUT2D eigenvalue weighted by atomic mass is 19.5. The van der Waals surface area contributed by atoms with Crippen LogP contribution in [0.25, 0.3) is 0 Å². The fraction of sp³-hybridized carbons (Fsp3) is 0.500. The molecule has 0 spiro atoms. The molecule has 2 aromatic heterocycles. The number of imidazole rings is 2. The summed E-state index contributed by atoms with van der Waals surface area (Å²) in [6.07, 6.45) is 14.5. The predicted molar refractivity (Wildman–Crippen MR) is 82.9 cm³/mol. The Morgan fingerprint density at radius 3 is 1.62 bits per heavy atom. The van der Waals surface area contributed by atoms with Gasteiger partial charge in [-0.3, -0.25) is 4.98 Å². The minimum absolute atomic E-state index is 1.15. The van der Waals surface area contributed by atoms with Crippen molar-refractivity contribution in [2.24, 2.45) is 14.1 Å². The summed E-state index contributed by atoms with van der Waals surface area (Å²) in [6, 6.07) is 0. The lowest BCUT2D eigenvalue weighted by Crippen LogP contribution is -2.23. The Hall–Kier alpha value is -2.01. The van der Waals surface area contributed by atoms with Crippen LogP contribution in [0.15, 0.2) is 37.4 Å². The van der Waals surface area contributed by atoms with Gasteiger partial charge in [-0.25, -0.2) is 13.7 Å². The smallest absolute Gasteiger partial charge is 0.418 e. The normalized spacial score (nSPS) is 10.6. The summed E-state index contributed by atoms with van der Waals surface area (Å²) >= 11 is 0. The molecule has 0 saturated heterocycles. The Balaban J connectivity index is 0. The number of hydrogen-bond donors (Lipinski definition) is 1. The molecule has 1 N–H and O–H groups in total. The Morgan fingerprint density at radius 2 is 1.38 bits per heavy atom. The summed E-state index contributed by atoms with van der Waals surface area (Å²) in [5.41, 5.74) is 0. The number of H-pyrrole nitrogens is 1. The largest absolute Gasteiger partial charge is 0.673 e. The molecule has 14 heteroatoms. The molecule has 26 heavy (non-hydrogen) atoms. The van der Waals surface area contributed by atoms with Crippen molar-refractivity contribution in [3.05, 3.63) is 37.4 Å². The van der Waals surface area contributed by atoms with Crippen molar-refractivity contribution in [1.82, 2.24) is 9.55 Å². The first-order valence-electron chi connectivity index (χ1n) is 7.46. The first-order valence-corrected chi connectivity index (χ1v) is 7.46. The molecule has 0 unspecified atom stereocenters. The fourth-order valence-corrected chi connectivity index (χ4v) is 1.34. The van der Waals surface area contributed by atoms with Crippen molar-refractivity contribution in [3.63, 3.8) is 0 Å². The average Bonchev–Trinajstić information content (AvgIpc) is 3.05. The minimum atomic E-state index is -6.00. The highest BCUT2D eigenvalue weighted by Gasteiger charge is 2.21. The van der Waals surface area contributed by atoms with E-state index in [1.807, 2.05) is 37.4 Å². The summed E-state index contributed by atoms with van der Waals surface area (Å²) in [4.78, 5) is 2.89. The summed E-state index contributed by atoms with van der Waals surface area (Å²) in [6.45, 7) is 3.36. The maximum Gasteiger partial charge on any atom is 0.673 e. The molecule has 2 aromatic rings. The van der Waals surface area contributed by atoms with Gasteiger partial charge < -0.3 is 34.5 Å². The van der Waals surface area contributed by atoms with E-state index >= 15 is 0 Å². The summed E-state index contributed by atoms with van der Waals surface area (Å²) in [5, 5.41) is 0. The van der Waals surface area contributed by atoms with Gasteiger partial charge in [0.05, 0.1) is 20.6 Å². The van der Waals surface area contributed by atoms with E-state index in [1.54, 1.807) is 0 Å². The van der Waals surface area contributed by atoms with E-state index in [-0.39, 0.29) is 0 Å². The third-order valence-corrected chi connectivity index (χ3v) is 2.28. The van der Waals surface area contributed by atoms with Gasteiger partial charge in [0.2, 0.25) is 12.7 Å². The number of rotatable bonds is 3. The summed E-state index contributed by atoms with van der Waals surface area (Å²) in [5.74, 6) is 0. The van der Waals surface area contributed by atoms with Gasteiger partial charge >= 0.3 is 14.5 Å². The average molecular weight is 396 g/mol. The van der Waals surface area contributed by atoms with Crippen LogP contribution in [0.1, 0.15) is 19.8 Å². The third-order valence-electron chi connectivity index (χ3n) is 2.28. The van der Waals surface area contributed by atoms with Crippen LogP contribution in [0.3, 0.4) is 0 Å². The van der Waals surface area contributed by atoms with Gasteiger partial charge in [0.15, 0.2) is 0 Å². The van der Waals surface area contributed by atoms with Gasteiger partial charge in [0.25, 0.3) is 0 Å². The second-order valence-electron chi connectivity index (χ2n) is 4.94. The molecular formula is C12H22B2F8N4. The summed E-state index contributed by atoms with van der Waals surface area (Å²) in [7, 11) is -7.99. The molecule has 0 radical (unpaired) electrons.